The lowest BCUT2D eigenvalue weighted by Crippen LogP contribution is -2.43. The van der Waals surface area contributed by atoms with Crippen LogP contribution in [-0.4, -0.2) is 19.0 Å². The number of para-hydroxylation sites is 1. The van der Waals surface area contributed by atoms with Crippen LogP contribution in [0.25, 0.3) is 5.03 Å². The molecule has 5 heteroatoms. The molecule has 0 aliphatic carbocycles. The molecule has 1 aliphatic heterocycles. The Kier molecular flexibility index (Phi) is 3.08. The van der Waals surface area contributed by atoms with E-state index in [1.165, 1.54) is 0 Å². The average Bonchev–Trinajstić information content (AvgIpc) is 2.34. The van der Waals surface area contributed by atoms with Crippen molar-refractivity contribution in [2.45, 2.75) is 5.60 Å². The van der Waals surface area contributed by atoms with Gasteiger partial charge in [-0.1, -0.05) is 35.3 Å². The van der Waals surface area contributed by atoms with Gasteiger partial charge in [0.25, 0.3) is 0 Å². The number of halogens is 4. The van der Waals surface area contributed by atoms with Crippen LogP contribution in [0.2, 0.25) is 0 Å². The first-order valence-corrected chi connectivity index (χ1v) is 5.36. The molecule has 2 rings (SSSR count). The molecule has 1 nitrogen and oxygen atoms in total. The molecule has 1 aromatic carbocycles. The van der Waals surface area contributed by atoms with Gasteiger partial charge in [0, 0.05) is 5.56 Å². The fourth-order valence-electron chi connectivity index (χ4n) is 1.52. The molecule has 0 saturated carbocycles. The highest BCUT2D eigenvalue weighted by Gasteiger charge is 2.42. The monoisotopic (exact) mass is 264 g/mol. The Balaban J connectivity index is 2.59. The SMILES string of the molecule is FCC1(CF)Oc2ccccc2C(Cl)=C1Cl. The highest BCUT2D eigenvalue weighted by molar-refractivity contribution is 6.55. The van der Waals surface area contributed by atoms with Crippen LogP contribution in [0.5, 0.6) is 5.75 Å². The van der Waals surface area contributed by atoms with Crippen molar-refractivity contribution in [2.75, 3.05) is 13.3 Å². The molecular weight excluding hydrogens is 257 g/mol. The van der Waals surface area contributed by atoms with Crippen molar-refractivity contribution in [1.29, 1.82) is 0 Å². The van der Waals surface area contributed by atoms with Crippen LogP contribution in [0.4, 0.5) is 8.78 Å². The smallest absolute Gasteiger partial charge is 0.202 e. The Labute approximate surface area is 102 Å². The molecule has 1 aromatic rings. The zero-order valence-electron chi connectivity index (χ0n) is 8.14. The van der Waals surface area contributed by atoms with Gasteiger partial charge in [-0.2, -0.15) is 0 Å². The molecule has 0 amide bonds. The molecule has 0 radical (unpaired) electrons. The van der Waals surface area contributed by atoms with Crippen molar-refractivity contribution >= 4 is 28.2 Å². The Hall–Kier alpha value is -0.800. The third kappa shape index (κ3) is 1.59. The van der Waals surface area contributed by atoms with E-state index in [9.17, 15) is 8.78 Å². The number of hydrogen-bond acceptors (Lipinski definition) is 1. The Morgan fingerprint density at radius 1 is 1.12 bits per heavy atom. The highest BCUT2D eigenvalue weighted by atomic mass is 35.5. The van der Waals surface area contributed by atoms with E-state index in [4.69, 9.17) is 27.9 Å². The first-order valence-electron chi connectivity index (χ1n) is 4.61. The summed E-state index contributed by atoms with van der Waals surface area (Å²) in [6.07, 6.45) is 0. The minimum Gasteiger partial charge on any atom is -0.475 e. The fraction of sp³-hybridized carbons (Fsp3) is 0.273. The standard InChI is InChI=1S/C11H8Cl2F2O/c12-9-7-3-1-2-4-8(7)16-11(5-14,6-15)10(9)13/h1-4H,5-6H2. The van der Waals surface area contributed by atoms with Crippen LogP contribution >= 0.6 is 23.2 Å². The van der Waals surface area contributed by atoms with E-state index in [-0.39, 0.29) is 10.1 Å². The maximum absolute atomic E-state index is 12.9. The van der Waals surface area contributed by atoms with Crippen molar-refractivity contribution in [1.82, 2.24) is 0 Å². The molecule has 0 N–H and O–H groups in total. The van der Waals surface area contributed by atoms with Crippen LogP contribution < -0.4 is 4.74 Å². The Morgan fingerprint density at radius 3 is 2.38 bits per heavy atom. The molecule has 0 saturated heterocycles. The van der Waals surface area contributed by atoms with E-state index in [2.05, 4.69) is 0 Å². The predicted molar refractivity (Wildman–Crippen MR) is 60.4 cm³/mol. The van der Waals surface area contributed by atoms with Gasteiger partial charge in [-0.3, -0.25) is 0 Å². The van der Waals surface area contributed by atoms with Gasteiger partial charge in [0.2, 0.25) is 5.60 Å². The summed E-state index contributed by atoms with van der Waals surface area (Å²) < 4.78 is 31.1. The molecular formula is C11H8Cl2F2O. The zero-order chi connectivity index (χ0) is 11.8. The van der Waals surface area contributed by atoms with Gasteiger partial charge < -0.3 is 4.74 Å². The number of benzene rings is 1. The molecule has 1 heterocycles. The number of fused-ring (bicyclic) bond motifs is 1. The molecule has 0 atom stereocenters. The van der Waals surface area contributed by atoms with E-state index < -0.39 is 19.0 Å². The topological polar surface area (TPSA) is 9.23 Å². The van der Waals surface area contributed by atoms with E-state index in [0.29, 0.717) is 11.3 Å². The summed E-state index contributed by atoms with van der Waals surface area (Å²) in [5, 5.41) is 0.0108. The van der Waals surface area contributed by atoms with Crippen molar-refractivity contribution in [2.24, 2.45) is 0 Å². The fourth-order valence-corrected chi connectivity index (χ4v) is 2.09. The second kappa shape index (κ2) is 4.22. The van der Waals surface area contributed by atoms with Crippen molar-refractivity contribution < 1.29 is 13.5 Å². The lowest BCUT2D eigenvalue weighted by molar-refractivity contribution is 0.0554. The van der Waals surface area contributed by atoms with Gasteiger partial charge in [-0.25, -0.2) is 8.78 Å². The van der Waals surface area contributed by atoms with Crippen LogP contribution in [0, 0.1) is 0 Å². The van der Waals surface area contributed by atoms with E-state index in [1.54, 1.807) is 24.3 Å². The molecule has 86 valence electrons. The summed E-state index contributed by atoms with van der Waals surface area (Å²) in [5.74, 6) is 0.340. The maximum Gasteiger partial charge on any atom is 0.202 e. The number of hydrogen-bond donors (Lipinski definition) is 0. The van der Waals surface area contributed by atoms with Crippen molar-refractivity contribution in [3.05, 3.63) is 34.9 Å². The van der Waals surface area contributed by atoms with E-state index in [0.717, 1.165) is 0 Å². The minimum atomic E-state index is -1.78. The zero-order valence-corrected chi connectivity index (χ0v) is 9.66. The minimum absolute atomic E-state index is 0.127. The second-order valence-electron chi connectivity index (χ2n) is 3.49. The number of rotatable bonds is 2. The van der Waals surface area contributed by atoms with Gasteiger partial charge in [0.15, 0.2) is 0 Å². The molecule has 0 bridgehead atoms. The normalized spacial score (nSPS) is 18.0. The quantitative estimate of drug-likeness (QED) is 0.787. The van der Waals surface area contributed by atoms with Crippen LogP contribution in [0.3, 0.4) is 0 Å². The molecule has 0 fully saturated rings. The van der Waals surface area contributed by atoms with E-state index >= 15 is 0 Å². The average molecular weight is 265 g/mol. The van der Waals surface area contributed by atoms with E-state index in [1.807, 2.05) is 0 Å². The summed E-state index contributed by atoms with van der Waals surface area (Å²) in [4.78, 5) is 0. The lowest BCUT2D eigenvalue weighted by atomic mass is 10.0. The van der Waals surface area contributed by atoms with Crippen molar-refractivity contribution in [3.8, 4) is 5.75 Å². The first kappa shape index (κ1) is 11.7. The first-order chi connectivity index (χ1) is 7.64. The molecule has 1 aliphatic rings. The Morgan fingerprint density at radius 2 is 1.75 bits per heavy atom. The largest absolute Gasteiger partial charge is 0.475 e. The van der Waals surface area contributed by atoms with Crippen LogP contribution in [0.1, 0.15) is 5.56 Å². The van der Waals surface area contributed by atoms with Crippen molar-refractivity contribution in [3.63, 3.8) is 0 Å². The number of alkyl halides is 2. The molecule has 0 spiro atoms. The third-order valence-corrected chi connectivity index (χ3v) is 3.48. The second-order valence-corrected chi connectivity index (χ2v) is 4.24. The van der Waals surface area contributed by atoms with Crippen LogP contribution in [-0.2, 0) is 0 Å². The molecule has 0 unspecified atom stereocenters. The summed E-state index contributed by atoms with van der Waals surface area (Å²) >= 11 is 11.8. The van der Waals surface area contributed by atoms with Gasteiger partial charge in [0.05, 0.1) is 10.1 Å². The molecule has 16 heavy (non-hydrogen) atoms. The van der Waals surface area contributed by atoms with Gasteiger partial charge in [-0.05, 0) is 12.1 Å². The third-order valence-electron chi connectivity index (χ3n) is 2.45. The predicted octanol–water partition coefficient (Wildman–Crippen LogP) is 3.90. The highest BCUT2D eigenvalue weighted by Crippen LogP contribution is 2.44. The summed E-state index contributed by atoms with van der Waals surface area (Å²) in [6, 6.07) is 6.72. The van der Waals surface area contributed by atoms with Gasteiger partial charge in [0.1, 0.15) is 19.1 Å². The summed E-state index contributed by atoms with van der Waals surface area (Å²) in [7, 11) is 0. The Bertz CT molecular complexity index is 441. The summed E-state index contributed by atoms with van der Waals surface area (Å²) in [6.45, 7) is -2.13. The number of ether oxygens (including phenoxy) is 1. The van der Waals surface area contributed by atoms with Gasteiger partial charge >= 0.3 is 0 Å². The lowest BCUT2D eigenvalue weighted by Gasteiger charge is -2.34. The maximum atomic E-state index is 12.9. The summed E-state index contributed by atoms with van der Waals surface area (Å²) in [5.41, 5.74) is -1.24. The molecule has 0 aromatic heterocycles. The van der Waals surface area contributed by atoms with Crippen LogP contribution in [0.15, 0.2) is 29.3 Å². The van der Waals surface area contributed by atoms with Gasteiger partial charge in [-0.15, -0.1) is 0 Å².